The van der Waals surface area contributed by atoms with Crippen LogP contribution in [0.4, 0.5) is 0 Å². The molecule has 0 amide bonds. The minimum Gasteiger partial charge on any atom is -0.147 e. The summed E-state index contributed by atoms with van der Waals surface area (Å²) in [5, 5.41) is 0. The van der Waals surface area contributed by atoms with Gasteiger partial charge in [-0.2, -0.15) is 0 Å². The zero-order chi connectivity index (χ0) is 2.71. The second kappa shape index (κ2) is 8.99. The summed E-state index contributed by atoms with van der Waals surface area (Å²) < 4.78 is 0. The zero-order valence-corrected chi connectivity index (χ0v) is 4.47. The van der Waals surface area contributed by atoms with Crippen molar-refractivity contribution in [2.24, 2.45) is 0 Å². The summed E-state index contributed by atoms with van der Waals surface area (Å²) in [6.07, 6.45) is 0. The molecule has 0 aliphatic heterocycles. The second-order valence-electron chi connectivity index (χ2n) is 0.236. The van der Waals surface area contributed by atoms with Gasteiger partial charge in [-0.15, -0.1) is 9.24 Å². The Hall–Kier alpha value is 1.01. The maximum absolute atomic E-state index is 4.81. The molecule has 4 heavy (non-hydrogen) atoms. The van der Waals surface area contributed by atoms with E-state index in [9.17, 15) is 0 Å². The molecule has 3 heteroatoms. The summed E-state index contributed by atoms with van der Waals surface area (Å²) in [7, 11) is 7.17. The van der Waals surface area contributed by atoms with Crippen molar-refractivity contribution in [1.29, 1.82) is 0 Å². The third-order valence-corrected chi connectivity index (χ3v) is 0. The molecule has 24 valence electrons. The van der Waals surface area contributed by atoms with Crippen LogP contribution in [0.2, 0.25) is 0 Å². The van der Waals surface area contributed by atoms with Crippen molar-refractivity contribution >= 4 is 17.1 Å². The molecular formula is CH4BFeP. The summed E-state index contributed by atoms with van der Waals surface area (Å²) in [5.41, 5.74) is 0. The molecule has 0 N–H and O–H groups in total. The zero-order valence-electron chi connectivity index (χ0n) is 2.22. The van der Waals surface area contributed by atoms with Crippen LogP contribution in [-0.4, -0.2) is 13.9 Å². The van der Waals surface area contributed by atoms with Crippen LogP contribution in [0.5, 0.6) is 0 Å². The Morgan fingerprint density at radius 2 is 1.75 bits per heavy atom. The van der Waals surface area contributed by atoms with Crippen LogP contribution in [0.15, 0.2) is 0 Å². The summed E-state index contributed by atoms with van der Waals surface area (Å²) in [6, 6.07) is 0.667. The number of hydrogen-bond acceptors (Lipinski definition) is 0. The molecule has 0 saturated heterocycles. The Balaban J connectivity index is 0. The van der Waals surface area contributed by atoms with Crippen molar-refractivity contribution in [2.45, 2.75) is 0 Å². The number of rotatable bonds is 0. The van der Waals surface area contributed by atoms with Gasteiger partial charge in [0.15, 0.2) is 0 Å². The van der Waals surface area contributed by atoms with Gasteiger partial charge < -0.3 is 0 Å². The van der Waals surface area contributed by atoms with Crippen LogP contribution in [0.25, 0.3) is 0 Å². The predicted octanol–water partition coefficient (Wildman–Crippen LogP) is -0.0150. The summed E-state index contributed by atoms with van der Waals surface area (Å²) in [5.74, 6) is 0. The average molecular weight is 114 g/mol. The van der Waals surface area contributed by atoms with Gasteiger partial charge in [0.1, 0.15) is 0 Å². The molecule has 2 radical (unpaired) electrons. The maximum Gasteiger partial charge on any atom is 0.0709 e. The molecule has 0 nitrogen and oxygen atoms in total. The average Bonchev–Trinajstić information content (AvgIpc) is 0.918. The third-order valence-electron chi connectivity index (χ3n) is 0. The minimum atomic E-state index is 0. The molecule has 0 heterocycles. The smallest absolute Gasteiger partial charge is 0.0709 e. The SMILES string of the molecule is [B]CP.[Fe]. The van der Waals surface area contributed by atoms with Crippen molar-refractivity contribution < 1.29 is 17.1 Å². The molecular weight excluding hydrogens is 110 g/mol. The molecule has 0 aromatic rings. The minimum absolute atomic E-state index is 0. The first-order chi connectivity index (χ1) is 1.41. The largest absolute Gasteiger partial charge is 0.147 e. The normalized spacial score (nSPS) is 4.25. The fourth-order valence-electron chi connectivity index (χ4n) is 0. The van der Waals surface area contributed by atoms with Crippen molar-refractivity contribution in [2.75, 3.05) is 6.06 Å². The monoisotopic (exact) mass is 114 g/mol. The molecule has 0 aromatic heterocycles. The van der Waals surface area contributed by atoms with E-state index >= 15 is 0 Å². The van der Waals surface area contributed by atoms with Crippen molar-refractivity contribution in [3.8, 4) is 0 Å². The second-order valence-corrected chi connectivity index (χ2v) is 0.707. The van der Waals surface area contributed by atoms with Gasteiger partial charge in [-0.3, -0.25) is 0 Å². The van der Waals surface area contributed by atoms with E-state index in [1.807, 2.05) is 0 Å². The van der Waals surface area contributed by atoms with E-state index in [1.165, 1.54) is 0 Å². The standard InChI is InChI=1S/CH4BP.Fe/c2-1-3;/h1,3H2;. The molecule has 0 rings (SSSR count). The number of hydrogen-bond donors (Lipinski definition) is 0. The molecule has 0 saturated carbocycles. The first-order valence-corrected chi connectivity index (χ1v) is 1.63. The molecule has 0 aliphatic rings. The fraction of sp³-hybridized carbons (Fsp3) is 1.00. The van der Waals surface area contributed by atoms with Gasteiger partial charge in [0.2, 0.25) is 0 Å². The van der Waals surface area contributed by atoms with Gasteiger partial charge in [0.05, 0.1) is 7.85 Å². The first kappa shape index (κ1) is 8.89. The van der Waals surface area contributed by atoms with Gasteiger partial charge in [0.25, 0.3) is 0 Å². The van der Waals surface area contributed by atoms with E-state index in [0.29, 0.717) is 6.06 Å². The van der Waals surface area contributed by atoms with E-state index in [1.54, 1.807) is 0 Å². The Labute approximate surface area is 40.8 Å². The van der Waals surface area contributed by atoms with Crippen LogP contribution in [-0.2, 0) is 17.1 Å². The fourth-order valence-corrected chi connectivity index (χ4v) is 0. The molecule has 0 aromatic carbocycles. The Bertz CT molecular complexity index is 8.00. The van der Waals surface area contributed by atoms with Crippen LogP contribution in [0.1, 0.15) is 0 Å². The Morgan fingerprint density at radius 3 is 1.75 bits per heavy atom. The Morgan fingerprint density at radius 1 is 1.75 bits per heavy atom. The van der Waals surface area contributed by atoms with E-state index in [4.69, 9.17) is 7.85 Å². The van der Waals surface area contributed by atoms with E-state index < -0.39 is 0 Å². The third kappa shape index (κ3) is 11.9. The molecule has 1 unspecified atom stereocenters. The molecule has 0 aliphatic carbocycles. The van der Waals surface area contributed by atoms with Crippen LogP contribution in [0, 0.1) is 0 Å². The van der Waals surface area contributed by atoms with Crippen LogP contribution >= 0.6 is 9.24 Å². The molecule has 0 fully saturated rings. The van der Waals surface area contributed by atoms with Crippen molar-refractivity contribution in [3.63, 3.8) is 0 Å². The summed E-state index contributed by atoms with van der Waals surface area (Å²) in [6.45, 7) is 0. The molecule has 0 bridgehead atoms. The predicted molar refractivity (Wildman–Crippen MR) is 20.3 cm³/mol. The van der Waals surface area contributed by atoms with E-state index in [0.717, 1.165) is 0 Å². The summed E-state index contributed by atoms with van der Waals surface area (Å²) >= 11 is 0. The quantitative estimate of drug-likeness (QED) is 0.306. The topological polar surface area (TPSA) is 0 Å². The van der Waals surface area contributed by atoms with Gasteiger partial charge in [-0.1, -0.05) is 6.06 Å². The van der Waals surface area contributed by atoms with Crippen molar-refractivity contribution in [3.05, 3.63) is 0 Å². The van der Waals surface area contributed by atoms with Gasteiger partial charge >= 0.3 is 0 Å². The van der Waals surface area contributed by atoms with Crippen molar-refractivity contribution in [1.82, 2.24) is 0 Å². The Kier molecular flexibility index (Phi) is 20.0. The summed E-state index contributed by atoms with van der Waals surface area (Å²) in [4.78, 5) is 0. The molecule has 0 spiro atoms. The van der Waals surface area contributed by atoms with E-state index in [-0.39, 0.29) is 17.1 Å². The van der Waals surface area contributed by atoms with E-state index in [2.05, 4.69) is 9.24 Å². The van der Waals surface area contributed by atoms with Gasteiger partial charge in [-0.05, 0) is 0 Å². The molecule has 1 atom stereocenters. The van der Waals surface area contributed by atoms with Gasteiger partial charge in [-0.25, -0.2) is 0 Å². The van der Waals surface area contributed by atoms with Crippen LogP contribution in [0.3, 0.4) is 0 Å². The maximum atomic E-state index is 4.81. The van der Waals surface area contributed by atoms with Crippen LogP contribution < -0.4 is 0 Å². The first-order valence-electron chi connectivity index (χ1n) is 0.816. The van der Waals surface area contributed by atoms with Gasteiger partial charge in [0, 0.05) is 17.1 Å².